The van der Waals surface area contributed by atoms with Crippen molar-refractivity contribution < 1.29 is 0 Å². The molecule has 0 bridgehead atoms. The first-order chi connectivity index (χ1) is 9.97. The van der Waals surface area contributed by atoms with E-state index in [4.69, 9.17) is 17.3 Å². The zero-order valence-corrected chi connectivity index (χ0v) is 14.7. The SMILES string of the molecule is CCCN(CCN(C)C)c1ccc(CC(N)CC)cc1Cl. The first-order valence-corrected chi connectivity index (χ1v) is 8.29. The summed E-state index contributed by atoms with van der Waals surface area (Å²) in [6.45, 7) is 7.37. The van der Waals surface area contributed by atoms with Crippen LogP contribution >= 0.6 is 11.6 Å². The molecule has 3 nitrogen and oxygen atoms in total. The van der Waals surface area contributed by atoms with Gasteiger partial charge in [-0.1, -0.05) is 31.5 Å². The number of anilines is 1. The summed E-state index contributed by atoms with van der Waals surface area (Å²) in [7, 11) is 4.20. The molecule has 4 heteroatoms. The Balaban J connectivity index is 2.83. The summed E-state index contributed by atoms with van der Waals surface area (Å²) in [5.74, 6) is 0. The summed E-state index contributed by atoms with van der Waals surface area (Å²) in [6, 6.07) is 6.60. The minimum atomic E-state index is 0.215. The molecule has 2 N–H and O–H groups in total. The van der Waals surface area contributed by atoms with Crippen LogP contribution in [0, 0.1) is 0 Å². The van der Waals surface area contributed by atoms with E-state index in [9.17, 15) is 0 Å². The van der Waals surface area contributed by atoms with E-state index in [2.05, 4.69) is 55.9 Å². The van der Waals surface area contributed by atoms with Gasteiger partial charge in [0, 0.05) is 25.7 Å². The highest BCUT2D eigenvalue weighted by Gasteiger charge is 2.11. The van der Waals surface area contributed by atoms with Gasteiger partial charge in [0.15, 0.2) is 0 Å². The van der Waals surface area contributed by atoms with Crippen LogP contribution in [0.25, 0.3) is 0 Å². The lowest BCUT2D eigenvalue weighted by Gasteiger charge is -2.27. The molecule has 0 fully saturated rings. The molecule has 0 aliphatic rings. The fourth-order valence-corrected chi connectivity index (χ4v) is 2.65. The van der Waals surface area contributed by atoms with Gasteiger partial charge in [0.1, 0.15) is 0 Å². The first kappa shape index (κ1) is 18.3. The van der Waals surface area contributed by atoms with Gasteiger partial charge in [-0.25, -0.2) is 0 Å². The Hall–Kier alpha value is -0.770. The number of nitrogens with zero attached hydrogens (tertiary/aromatic N) is 2. The second-order valence-electron chi connectivity index (χ2n) is 5.95. The first-order valence-electron chi connectivity index (χ1n) is 7.91. The van der Waals surface area contributed by atoms with Gasteiger partial charge in [-0.3, -0.25) is 0 Å². The highest BCUT2D eigenvalue weighted by molar-refractivity contribution is 6.33. The van der Waals surface area contributed by atoms with Crippen LogP contribution in [0.3, 0.4) is 0 Å². The van der Waals surface area contributed by atoms with Crippen molar-refractivity contribution in [2.45, 2.75) is 39.2 Å². The standard InChI is InChI=1S/C17H30ClN3/c1-5-9-21(11-10-20(3)4)17-8-7-14(13-16(17)18)12-15(19)6-2/h7-8,13,15H,5-6,9-12,19H2,1-4H3. The van der Waals surface area contributed by atoms with Gasteiger partial charge in [0.2, 0.25) is 0 Å². The number of halogens is 1. The van der Waals surface area contributed by atoms with E-state index in [-0.39, 0.29) is 6.04 Å². The minimum absolute atomic E-state index is 0.215. The maximum absolute atomic E-state index is 6.51. The fourth-order valence-electron chi connectivity index (χ4n) is 2.32. The number of hydrogen-bond donors (Lipinski definition) is 1. The van der Waals surface area contributed by atoms with Gasteiger partial charge < -0.3 is 15.5 Å². The quantitative estimate of drug-likeness (QED) is 0.758. The highest BCUT2D eigenvalue weighted by atomic mass is 35.5. The van der Waals surface area contributed by atoms with Crippen LogP contribution in [0.1, 0.15) is 32.3 Å². The summed E-state index contributed by atoms with van der Waals surface area (Å²) in [5, 5.41) is 0.836. The Morgan fingerprint density at radius 1 is 1.14 bits per heavy atom. The summed E-state index contributed by atoms with van der Waals surface area (Å²) >= 11 is 6.51. The molecule has 0 saturated heterocycles. The molecule has 1 atom stereocenters. The molecule has 0 radical (unpaired) electrons. The molecule has 0 aliphatic carbocycles. The Labute approximate surface area is 135 Å². The van der Waals surface area contributed by atoms with Crippen LogP contribution in [-0.2, 0) is 6.42 Å². The molecule has 1 aromatic carbocycles. The van der Waals surface area contributed by atoms with Crippen LogP contribution in [-0.4, -0.2) is 44.7 Å². The fraction of sp³-hybridized carbons (Fsp3) is 0.647. The number of likely N-dealkylation sites (N-methyl/N-ethyl adjacent to an activating group) is 1. The normalized spacial score (nSPS) is 12.7. The van der Waals surface area contributed by atoms with Crippen molar-refractivity contribution in [2.24, 2.45) is 5.73 Å². The van der Waals surface area contributed by atoms with Crippen LogP contribution < -0.4 is 10.6 Å². The van der Waals surface area contributed by atoms with Gasteiger partial charge in [0.25, 0.3) is 0 Å². The Bertz CT molecular complexity index is 420. The number of rotatable bonds is 9. The van der Waals surface area contributed by atoms with Gasteiger partial charge >= 0.3 is 0 Å². The molecule has 21 heavy (non-hydrogen) atoms. The predicted molar refractivity (Wildman–Crippen MR) is 94.5 cm³/mol. The van der Waals surface area contributed by atoms with Gasteiger partial charge in [-0.15, -0.1) is 0 Å². The monoisotopic (exact) mass is 311 g/mol. The average molecular weight is 312 g/mol. The van der Waals surface area contributed by atoms with Gasteiger partial charge in [-0.2, -0.15) is 0 Å². The molecule has 0 aromatic heterocycles. The van der Waals surface area contributed by atoms with Crippen molar-refractivity contribution >= 4 is 17.3 Å². The molecule has 120 valence electrons. The van der Waals surface area contributed by atoms with Crippen molar-refractivity contribution in [1.29, 1.82) is 0 Å². The van der Waals surface area contributed by atoms with Crippen molar-refractivity contribution in [3.05, 3.63) is 28.8 Å². The minimum Gasteiger partial charge on any atom is -0.369 e. The molecule has 1 aromatic rings. The Morgan fingerprint density at radius 3 is 2.38 bits per heavy atom. The number of nitrogens with two attached hydrogens (primary N) is 1. The lowest BCUT2D eigenvalue weighted by molar-refractivity contribution is 0.413. The number of hydrogen-bond acceptors (Lipinski definition) is 3. The average Bonchev–Trinajstić information content (AvgIpc) is 2.43. The molecule has 0 aliphatic heterocycles. The highest BCUT2D eigenvalue weighted by Crippen LogP contribution is 2.27. The van der Waals surface area contributed by atoms with E-state index in [1.54, 1.807) is 0 Å². The second kappa shape index (κ2) is 9.29. The summed E-state index contributed by atoms with van der Waals surface area (Å²) in [4.78, 5) is 4.57. The van der Waals surface area contributed by atoms with Gasteiger partial charge in [0.05, 0.1) is 10.7 Å². The van der Waals surface area contributed by atoms with E-state index in [0.717, 1.165) is 49.6 Å². The second-order valence-corrected chi connectivity index (χ2v) is 6.36. The Morgan fingerprint density at radius 2 is 1.86 bits per heavy atom. The van der Waals surface area contributed by atoms with Gasteiger partial charge in [-0.05, 0) is 51.1 Å². The van der Waals surface area contributed by atoms with Crippen molar-refractivity contribution in [1.82, 2.24) is 4.90 Å². The summed E-state index contributed by atoms with van der Waals surface area (Å²) in [5.41, 5.74) is 8.38. The molecule has 1 rings (SSSR count). The van der Waals surface area contributed by atoms with E-state index in [1.807, 2.05) is 0 Å². The maximum atomic E-state index is 6.51. The van der Waals surface area contributed by atoms with Crippen LogP contribution in [0.15, 0.2) is 18.2 Å². The third-order valence-electron chi connectivity index (χ3n) is 3.69. The molecule has 0 saturated carbocycles. The molecule has 0 spiro atoms. The zero-order chi connectivity index (χ0) is 15.8. The molecular formula is C17H30ClN3. The predicted octanol–water partition coefficient (Wildman–Crippen LogP) is 3.40. The third-order valence-corrected chi connectivity index (χ3v) is 3.99. The lowest BCUT2D eigenvalue weighted by Crippen LogP contribution is -2.32. The number of benzene rings is 1. The van der Waals surface area contributed by atoms with Crippen molar-refractivity contribution in [2.75, 3.05) is 38.6 Å². The topological polar surface area (TPSA) is 32.5 Å². The zero-order valence-electron chi connectivity index (χ0n) is 13.9. The van der Waals surface area contributed by atoms with E-state index in [1.165, 1.54) is 5.56 Å². The maximum Gasteiger partial charge on any atom is 0.0642 e. The van der Waals surface area contributed by atoms with Crippen molar-refractivity contribution in [3.8, 4) is 0 Å². The smallest absolute Gasteiger partial charge is 0.0642 e. The molecule has 1 unspecified atom stereocenters. The van der Waals surface area contributed by atoms with E-state index < -0.39 is 0 Å². The van der Waals surface area contributed by atoms with E-state index in [0.29, 0.717) is 0 Å². The van der Waals surface area contributed by atoms with Crippen LogP contribution in [0.4, 0.5) is 5.69 Å². The van der Waals surface area contributed by atoms with Crippen LogP contribution in [0.2, 0.25) is 5.02 Å². The van der Waals surface area contributed by atoms with E-state index >= 15 is 0 Å². The third kappa shape index (κ3) is 6.25. The molecule has 0 amide bonds. The summed E-state index contributed by atoms with van der Waals surface area (Å²) < 4.78 is 0. The Kier molecular flexibility index (Phi) is 8.09. The molecule has 0 heterocycles. The van der Waals surface area contributed by atoms with Crippen LogP contribution in [0.5, 0.6) is 0 Å². The molecular weight excluding hydrogens is 282 g/mol. The van der Waals surface area contributed by atoms with Crippen molar-refractivity contribution in [3.63, 3.8) is 0 Å². The largest absolute Gasteiger partial charge is 0.369 e. The lowest BCUT2D eigenvalue weighted by atomic mass is 10.0. The summed E-state index contributed by atoms with van der Waals surface area (Å²) in [6.07, 6.45) is 3.00.